The number of carbonyl (C=O) groups excluding carboxylic acids is 2. The number of amides is 2. The van der Waals surface area contributed by atoms with Crippen LogP contribution in [0.15, 0.2) is 12.1 Å². The highest BCUT2D eigenvalue weighted by atomic mass is 35.5. The number of carbonyl (C=O) groups is 2. The van der Waals surface area contributed by atoms with E-state index in [9.17, 15) is 14.7 Å². The molecule has 1 aromatic carbocycles. The van der Waals surface area contributed by atoms with E-state index in [2.05, 4.69) is 5.32 Å². The molecule has 0 saturated heterocycles. The number of aliphatic hydroxyl groups is 1. The highest BCUT2D eigenvalue weighted by Crippen LogP contribution is 2.35. The molecule has 2 aliphatic rings. The molecule has 3 atom stereocenters. The van der Waals surface area contributed by atoms with Gasteiger partial charge >= 0.3 is 0 Å². The Balaban J connectivity index is 1.60. The smallest absolute Gasteiger partial charge is 0.225 e. The summed E-state index contributed by atoms with van der Waals surface area (Å²) >= 11 is 6.25. The number of rotatable bonds is 5. The Morgan fingerprint density at radius 3 is 2.59 bits per heavy atom. The van der Waals surface area contributed by atoms with Gasteiger partial charge in [-0.05, 0) is 31.4 Å². The van der Waals surface area contributed by atoms with Gasteiger partial charge in [0.1, 0.15) is 13.2 Å². The molecule has 7 nitrogen and oxygen atoms in total. The predicted molar refractivity (Wildman–Crippen MR) is 100 cm³/mol. The van der Waals surface area contributed by atoms with E-state index in [0.29, 0.717) is 54.7 Å². The molecule has 2 N–H and O–H groups in total. The first-order chi connectivity index (χ1) is 12.9. The Labute approximate surface area is 163 Å². The summed E-state index contributed by atoms with van der Waals surface area (Å²) in [6, 6.07) is 2.93. The van der Waals surface area contributed by atoms with Gasteiger partial charge in [-0.15, -0.1) is 0 Å². The zero-order chi connectivity index (χ0) is 19.6. The fraction of sp³-hybridized carbons (Fsp3) is 0.579. The molecule has 0 spiro atoms. The van der Waals surface area contributed by atoms with Crippen molar-refractivity contribution in [2.75, 3.05) is 26.8 Å². The van der Waals surface area contributed by atoms with E-state index in [-0.39, 0.29) is 24.2 Å². The van der Waals surface area contributed by atoms with Crippen molar-refractivity contribution < 1.29 is 24.2 Å². The maximum atomic E-state index is 12.5. The lowest BCUT2D eigenvalue weighted by Crippen LogP contribution is -2.41. The van der Waals surface area contributed by atoms with Crippen LogP contribution >= 0.6 is 11.6 Å². The van der Waals surface area contributed by atoms with Crippen LogP contribution in [0.1, 0.15) is 25.3 Å². The van der Waals surface area contributed by atoms with E-state index < -0.39 is 12.1 Å². The minimum atomic E-state index is -0.733. The Morgan fingerprint density at radius 2 is 1.93 bits per heavy atom. The number of hydrogen-bond acceptors (Lipinski definition) is 5. The summed E-state index contributed by atoms with van der Waals surface area (Å²) in [5, 5.41) is 13.5. The molecule has 1 saturated carbocycles. The molecule has 1 fully saturated rings. The van der Waals surface area contributed by atoms with Crippen molar-refractivity contribution >= 4 is 23.4 Å². The first-order valence-electron chi connectivity index (χ1n) is 9.19. The Hall–Kier alpha value is -1.99. The number of hydrogen-bond donors (Lipinski definition) is 2. The van der Waals surface area contributed by atoms with Crippen LogP contribution in [0.5, 0.6) is 11.5 Å². The van der Waals surface area contributed by atoms with Gasteiger partial charge in [0.25, 0.3) is 0 Å². The number of nitrogens with one attached hydrogen (secondary N) is 1. The monoisotopic (exact) mass is 396 g/mol. The highest BCUT2D eigenvalue weighted by Gasteiger charge is 2.38. The van der Waals surface area contributed by atoms with Crippen molar-refractivity contribution in [3.05, 3.63) is 22.7 Å². The standard InChI is InChI=1S/C19H25ClN2O5/c1-3-22(2)19(25)12-6-14(15(23)7-12)21-18(24)9-11-8-16-17(10-13(11)20)27-5-4-26-16/h8,10,12,14-15,23H,3-7,9H2,1-2H3,(H,21,24)/t12-,14-,15-/m0/s1. The molecule has 1 aliphatic carbocycles. The van der Waals surface area contributed by atoms with Crippen molar-refractivity contribution in [2.24, 2.45) is 5.92 Å². The van der Waals surface area contributed by atoms with Gasteiger partial charge in [-0.1, -0.05) is 11.6 Å². The summed E-state index contributed by atoms with van der Waals surface area (Å²) < 4.78 is 11.0. The summed E-state index contributed by atoms with van der Waals surface area (Å²) in [6.07, 6.45) is 0.125. The van der Waals surface area contributed by atoms with E-state index >= 15 is 0 Å². The van der Waals surface area contributed by atoms with Gasteiger partial charge in [0.05, 0.1) is 18.6 Å². The van der Waals surface area contributed by atoms with Gasteiger partial charge in [0.2, 0.25) is 11.8 Å². The van der Waals surface area contributed by atoms with Crippen molar-refractivity contribution in [3.63, 3.8) is 0 Å². The summed E-state index contributed by atoms with van der Waals surface area (Å²) in [5.74, 6) is 0.622. The molecule has 8 heteroatoms. The summed E-state index contributed by atoms with van der Waals surface area (Å²) in [4.78, 5) is 26.4. The second-order valence-corrected chi connectivity index (χ2v) is 7.43. The second-order valence-electron chi connectivity index (χ2n) is 7.03. The molecule has 148 valence electrons. The fourth-order valence-electron chi connectivity index (χ4n) is 3.51. The maximum Gasteiger partial charge on any atom is 0.225 e. The van der Waals surface area contributed by atoms with Crippen molar-refractivity contribution in [1.82, 2.24) is 10.2 Å². The highest BCUT2D eigenvalue weighted by molar-refractivity contribution is 6.31. The van der Waals surface area contributed by atoms with Crippen LogP contribution in [0.2, 0.25) is 5.02 Å². The van der Waals surface area contributed by atoms with Gasteiger partial charge in [-0.25, -0.2) is 0 Å². The SMILES string of the molecule is CCN(C)C(=O)[C@H]1C[C@H](NC(=O)Cc2cc3c(cc2Cl)OCCO3)[C@@H](O)C1. The van der Waals surface area contributed by atoms with Crippen molar-refractivity contribution in [3.8, 4) is 11.5 Å². The number of halogens is 1. The topological polar surface area (TPSA) is 88.1 Å². The molecule has 1 aliphatic heterocycles. The molecule has 0 bridgehead atoms. The maximum absolute atomic E-state index is 12.5. The van der Waals surface area contributed by atoms with Gasteiger partial charge in [0, 0.05) is 30.6 Å². The first-order valence-corrected chi connectivity index (χ1v) is 9.57. The second kappa shape index (κ2) is 8.35. The molecule has 0 radical (unpaired) electrons. The molecular weight excluding hydrogens is 372 g/mol. The number of ether oxygens (including phenoxy) is 2. The predicted octanol–water partition coefficient (Wildman–Crippen LogP) is 1.39. The lowest BCUT2D eigenvalue weighted by molar-refractivity contribution is -0.134. The lowest BCUT2D eigenvalue weighted by atomic mass is 10.1. The fourth-order valence-corrected chi connectivity index (χ4v) is 3.73. The zero-order valence-electron chi connectivity index (χ0n) is 15.5. The minimum absolute atomic E-state index is 0.00294. The average molecular weight is 397 g/mol. The minimum Gasteiger partial charge on any atom is -0.486 e. The van der Waals surface area contributed by atoms with Crippen LogP contribution in [0.3, 0.4) is 0 Å². The molecule has 27 heavy (non-hydrogen) atoms. The molecule has 1 heterocycles. The van der Waals surface area contributed by atoms with Crippen LogP contribution in [0.25, 0.3) is 0 Å². The molecular formula is C19H25ClN2O5. The quantitative estimate of drug-likeness (QED) is 0.785. The van der Waals surface area contributed by atoms with E-state index in [4.69, 9.17) is 21.1 Å². The summed E-state index contributed by atoms with van der Waals surface area (Å²) in [5.41, 5.74) is 0.629. The third-order valence-electron chi connectivity index (χ3n) is 5.14. The number of nitrogens with zero attached hydrogens (tertiary/aromatic N) is 1. The Kier molecular flexibility index (Phi) is 6.11. The van der Waals surface area contributed by atoms with Gasteiger partial charge < -0.3 is 24.8 Å². The molecule has 0 unspecified atom stereocenters. The van der Waals surface area contributed by atoms with E-state index in [1.54, 1.807) is 24.1 Å². The molecule has 2 amide bonds. The van der Waals surface area contributed by atoms with E-state index in [1.165, 1.54) is 0 Å². The van der Waals surface area contributed by atoms with Gasteiger partial charge in [-0.3, -0.25) is 9.59 Å². The largest absolute Gasteiger partial charge is 0.486 e. The number of aliphatic hydroxyl groups excluding tert-OH is 1. The van der Waals surface area contributed by atoms with Gasteiger partial charge in [0.15, 0.2) is 11.5 Å². The zero-order valence-corrected chi connectivity index (χ0v) is 16.3. The molecule has 3 rings (SSSR count). The first kappa shape index (κ1) is 19.8. The third kappa shape index (κ3) is 4.47. The van der Waals surface area contributed by atoms with Crippen LogP contribution < -0.4 is 14.8 Å². The lowest BCUT2D eigenvalue weighted by Gasteiger charge is -2.21. The number of benzene rings is 1. The average Bonchev–Trinajstić information content (AvgIpc) is 3.01. The molecule has 1 aromatic rings. The van der Waals surface area contributed by atoms with Crippen LogP contribution in [-0.4, -0.2) is 60.8 Å². The van der Waals surface area contributed by atoms with Crippen LogP contribution in [0, 0.1) is 5.92 Å². The third-order valence-corrected chi connectivity index (χ3v) is 5.49. The van der Waals surface area contributed by atoms with E-state index in [1.807, 2.05) is 6.92 Å². The molecule has 0 aromatic heterocycles. The number of fused-ring (bicyclic) bond motifs is 1. The van der Waals surface area contributed by atoms with Gasteiger partial charge in [-0.2, -0.15) is 0 Å². The summed E-state index contributed by atoms with van der Waals surface area (Å²) in [6.45, 7) is 3.44. The van der Waals surface area contributed by atoms with E-state index in [0.717, 1.165) is 0 Å². The van der Waals surface area contributed by atoms with Crippen molar-refractivity contribution in [2.45, 2.75) is 38.3 Å². The van der Waals surface area contributed by atoms with Crippen LogP contribution in [-0.2, 0) is 16.0 Å². The Morgan fingerprint density at radius 1 is 1.26 bits per heavy atom. The summed E-state index contributed by atoms with van der Waals surface area (Å²) in [7, 11) is 1.74. The Bertz CT molecular complexity index is 726. The van der Waals surface area contributed by atoms with Crippen LogP contribution in [0.4, 0.5) is 0 Å². The normalized spacial score (nSPS) is 23.8. The van der Waals surface area contributed by atoms with Crippen molar-refractivity contribution in [1.29, 1.82) is 0 Å².